The minimum atomic E-state index is -0.425. The molecule has 6 rings (SSSR count). The lowest BCUT2D eigenvalue weighted by molar-refractivity contribution is -0.125. The lowest BCUT2D eigenvalue weighted by Gasteiger charge is -2.40. The van der Waals surface area contributed by atoms with E-state index in [1.165, 1.54) is 11.8 Å². The molecule has 0 saturated carbocycles. The highest BCUT2D eigenvalue weighted by Crippen LogP contribution is 2.38. The van der Waals surface area contributed by atoms with E-state index in [2.05, 4.69) is 35.5 Å². The van der Waals surface area contributed by atoms with E-state index in [-0.39, 0.29) is 17.7 Å². The first-order valence-electron chi connectivity index (χ1n) is 12.1. The molecule has 13 heteroatoms. The van der Waals surface area contributed by atoms with Gasteiger partial charge in [0.25, 0.3) is 0 Å². The molecule has 4 aromatic rings. The molecule has 3 N–H and O–H groups in total. The Kier molecular flexibility index (Phi) is 6.29. The highest BCUT2D eigenvalue weighted by Gasteiger charge is 2.33. The van der Waals surface area contributed by atoms with Gasteiger partial charge in [0.15, 0.2) is 10.8 Å². The van der Waals surface area contributed by atoms with E-state index < -0.39 is 6.04 Å². The van der Waals surface area contributed by atoms with Crippen molar-refractivity contribution in [2.45, 2.75) is 42.3 Å². The number of hydrogen-bond donors (Lipinski definition) is 3. The van der Waals surface area contributed by atoms with Crippen LogP contribution in [-0.2, 0) is 16.0 Å². The molecule has 0 radical (unpaired) electrons. The molecule has 0 spiro atoms. The summed E-state index contributed by atoms with van der Waals surface area (Å²) < 4.78 is 0. The Morgan fingerprint density at radius 1 is 1.24 bits per heavy atom. The zero-order valence-corrected chi connectivity index (χ0v) is 21.6. The van der Waals surface area contributed by atoms with Crippen molar-refractivity contribution in [3.8, 4) is 0 Å². The molecule has 2 aliphatic heterocycles. The highest BCUT2D eigenvalue weighted by molar-refractivity contribution is 7.99. The van der Waals surface area contributed by atoms with Gasteiger partial charge in [-0.1, -0.05) is 18.5 Å². The number of amides is 2. The standard InChI is InChI=1S/C24H24ClN9O2S/c1-2-14-19(25)18-21(31-14)32-24(37-13-7-16-20(28-9-13)27-6-5-26-16)33-22(18)34-10-12(11-34)8-29-23(36)15-3-4-17(35)30-15/h5-7,9,12,15H,2-4,8,10-11H2,1H3,(H,29,36)(H,30,35)(H,31,32,33)/t15-/m0/s1. The lowest BCUT2D eigenvalue weighted by atomic mass is 9.99. The van der Waals surface area contributed by atoms with E-state index in [4.69, 9.17) is 21.6 Å². The molecule has 4 aromatic heterocycles. The van der Waals surface area contributed by atoms with E-state index >= 15 is 0 Å². The summed E-state index contributed by atoms with van der Waals surface area (Å²) in [7, 11) is 0. The van der Waals surface area contributed by atoms with Gasteiger partial charge in [-0.05, 0) is 30.7 Å². The highest BCUT2D eigenvalue weighted by atomic mass is 35.5. The number of halogens is 1. The predicted octanol–water partition coefficient (Wildman–Crippen LogP) is 2.49. The molecular formula is C24H24ClN9O2S. The van der Waals surface area contributed by atoms with Crippen LogP contribution in [0.15, 0.2) is 34.7 Å². The van der Waals surface area contributed by atoms with E-state index in [1.54, 1.807) is 18.6 Å². The fourth-order valence-electron chi connectivity index (χ4n) is 4.64. The number of aryl methyl sites for hydroxylation is 1. The molecule has 0 unspecified atom stereocenters. The van der Waals surface area contributed by atoms with Crippen molar-refractivity contribution in [3.63, 3.8) is 0 Å². The Hall–Kier alpha value is -3.51. The molecule has 6 heterocycles. The maximum Gasteiger partial charge on any atom is 0.242 e. The Morgan fingerprint density at radius 3 is 2.86 bits per heavy atom. The van der Waals surface area contributed by atoms with Crippen molar-refractivity contribution in [2.24, 2.45) is 5.92 Å². The minimum absolute atomic E-state index is 0.0707. The second-order valence-corrected chi connectivity index (χ2v) is 10.6. The van der Waals surface area contributed by atoms with Gasteiger partial charge in [-0.3, -0.25) is 14.6 Å². The molecule has 0 bridgehead atoms. The summed E-state index contributed by atoms with van der Waals surface area (Å²) in [5.74, 6) is 0.849. The van der Waals surface area contributed by atoms with Crippen LogP contribution in [0.25, 0.3) is 22.2 Å². The molecule has 0 aromatic carbocycles. The molecule has 2 aliphatic rings. The second-order valence-electron chi connectivity index (χ2n) is 9.17. The van der Waals surface area contributed by atoms with Crippen LogP contribution in [-0.4, -0.2) is 67.4 Å². The van der Waals surface area contributed by atoms with Gasteiger partial charge in [-0.2, -0.15) is 0 Å². The van der Waals surface area contributed by atoms with Crippen LogP contribution in [0.2, 0.25) is 5.02 Å². The summed E-state index contributed by atoms with van der Waals surface area (Å²) in [4.78, 5) is 52.7. The number of carbonyl (C=O) groups is 2. The molecule has 0 aliphatic carbocycles. The first-order chi connectivity index (χ1) is 18.0. The van der Waals surface area contributed by atoms with Crippen molar-refractivity contribution in [1.82, 2.24) is 40.5 Å². The van der Waals surface area contributed by atoms with Crippen LogP contribution in [0.4, 0.5) is 5.82 Å². The predicted molar refractivity (Wildman–Crippen MR) is 140 cm³/mol. The van der Waals surface area contributed by atoms with Crippen molar-refractivity contribution in [1.29, 1.82) is 0 Å². The molecule has 2 fully saturated rings. The second kappa shape index (κ2) is 9.75. The van der Waals surface area contributed by atoms with Crippen LogP contribution in [0.1, 0.15) is 25.5 Å². The number of anilines is 1. The van der Waals surface area contributed by atoms with E-state index in [0.29, 0.717) is 46.4 Å². The summed E-state index contributed by atoms with van der Waals surface area (Å²) >= 11 is 8.13. The van der Waals surface area contributed by atoms with Crippen LogP contribution in [0.5, 0.6) is 0 Å². The smallest absolute Gasteiger partial charge is 0.242 e. The van der Waals surface area contributed by atoms with Gasteiger partial charge in [0, 0.05) is 61.2 Å². The molecule has 1 atom stereocenters. The van der Waals surface area contributed by atoms with Gasteiger partial charge >= 0.3 is 0 Å². The maximum absolute atomic E-state index is 12.3. The molecule has 37 heavy (non-hydrogen) atoms. The number of H-pyrrole nitrogens is 1. The van der Waals surface area contributed by atoms with Gasteiger partial charge in [-0.25, -0.2) is 19.9 Å². The first kappa shape index (κ1) is 23.9. The fourth-order valence-corrected chi connectivity index (χ4v) is 5.75. The van der Waals surface area contributed by atoms with Gasteiger partial charge in [0.05, 0.1) is 10.4 Å². The van der Waals surface area contributed by atoms with Crippen LogP contribution in [0, 0.1) is 5.92 Å². The third kappa shape index (κ3) is 4.66. The van der Waals surface area contributed by atoms with Crippen LogP contribution < -0.4 is 15.5 Å². The van der Waals surface area contributed by atoms with Crippen LogP contribution >= 0.6 is 23.4 Å². The molecular weight excluding hydrogens is 514 g/mol. The van der Waals surface area contributed by atoms with Crippen LogP contribution in [0.3, 0.4) is 0 Å². The van der Waals surface area contributed by atoms with Gasteiger partial charge in [-0.15, -0.1) is 0 Å². The van der Waals surface area contributed by atoms with Gasteiger partial charge < -0.3 is 20.5 Å². The topological polar surface area (TPSA) is 142 Å². The van der Waals surface area contributed by atoms with E-state index in [0.717, 1.165) is 41.3 Å². The summed E-state index contributed by atoms with van der Waals surface area (Å²) in [6, 6.07) is 1.49. The average molecular weight is 538 g/mol. The Bertz CT molecular complexity index is 1520. The quantitative estimate of drug-likeness (QED) is 0.303. The number of carbonyl (C=O) groups excluding carboxylic acids is 2. The number of nitrogens with zero attached hydrogens (tertiary/aromatic N) is 6. The van der Waals surface area contributed by atoms with E-state index in [9.17, 15) is 9.59 Å². The first-order valence-corrected chi connectivity index (χ1v) is 13.3. The Balaban J connectivity index is 1.21. The van der Waals surface area contributed by atoms with E-state index in [1.807, 2.05) is 13.0 Å². The number of fused-ring (bicyclic) bond motifs is 2. The number of aromatic amines is 1. The fraction of sp³-hybridized carbons (Fsp3) is 0.375. The zero-order chi connectivity index (χ0) is 25.5. The van der Waals surface area contributed by atoms with Gasteiger partial charge in [0.2, 0.25) is 11.8 Å². The number of nitrogens with one attached hydrogen (secondary N) is 3. The molecule has 11 nitrogen and oxygen atoms in total. The van der Waals surface area contributed by atoms with Crippen molar-refractivity contribution < 1.29 is 9.59 Å². The largest absolute Gasteiger partial charge is 0.355 e. The molecule has 190 valence electrons. The third-order valence-corrected chi connectivity index (χ3v) is 7.86. The minimum Gasteiger partial charge on any atom is -0.355 e. The monoisotopic (exact) mass is 537 g/mol. The SMILES string of the molecule is CCc1[nH]c2nc(Sc3cnc4nccnc4c3)nc(N3CC(CNC(=O)[C@@H]4CCC(=O)N4)C3)c2c1Cl. The summed E-state index contributed by atoms with van der Waals surface area (Å²) in [5.41, 5.74) is 2.90. The van der Waals surface area contributed by atoms with Crippen molar-refractivity contribution in [2.75, 3.05) is 24.5 Å². The summed E-state index contributed by atoms with van der Waals surface area (Å²) in [6.45, 7) is 4.03. The average Bonchev–Trinajstić information content (AvgIpc) is 3.45. The number of pyridine rings is 1. The lowest BCUT2D eigenvalue weighted by Crippen LogP contribution is -2.53. The molecule has 2 amide bonds. The third-order valence-electron chi connectivity index (χ3n) is 6.62. The summed E-state index contributed by atoms with van der Waals surface area (Å²) in [6.07, 6.45) is 6.69. The number of rotatable bonds is 7. The Morgan fingerprint density at radius 2 is 2.08 bits per heavy atom. The van der Waals surface area contributed by atoms with Crippen molar-refractivity contribution in [3.05, 3.63) is 35.4 Å². The van der Waals surface area contributed by atoms with Crippen molar-refractivity contribution >= 4 is 63.2 Å². The molecule has 2 saturated heterocycles. The number of hydrogen-bond acceptors (Lipinski definition) is 9. The van der Waals surface area contributed by atoms with Gasteiger partial charge in [0.1, 0.15) is 23.0 Å². The number of aromatic nitrogens is 6. The maximum atomic E-state index is 12.3. The summed E-state index contributed by atoms with van der Waals surface area (Å²) in [5, 5.41) is 7.70. The normalized spacial score (nSPS) is 17.8. The zero-order valence-electron chi connectivity index (χ0n) is 20.0. The Labute approximate surface area is 221 Å².